The molecule has 0 aliphatic rings. The van der Waals surface area contributed by atoms with Gasteiger partial charge >= 0.3 is 0 Å². The average Bonchev–Trinajstić information content (AvgIpc) is 2.88. The molecule has 2 N–H and O–H groups in total. The molecule has 0 radical (unpaired) electrons. The van der Waals surface area contributed by atoms with E-state index in [0.29, 0.717) is 12.1 Å². The second-order valence-corrected chi connectivity index (χ2v) is 4.17. The lowest BCUT2D eigenvalue weighted by atomic mass is 10.3. The van der Waals surface area contributed by atoms with Crippen LogP contribution in [-0.2, 0) is 6.54 Å². The summed E-state index contributed by atoms with van der Waals surface area (Å²) in [7, 11) is 0. The van der Waals surface area contributed by atoms with E-state index in [1.807, 2.05) is 22.6 Å². The molecule has 5 nitrogen and oxygen atoms in total. The molecule has 104 valence electrons. The van der Waals surface area contributed by atoms with Gasteiger partial charge in [0.15, 0.2) is 0 Å². The van der Waals surface area contributed by atoms with Crippen molar-refractivity contribution in [2.45, 2.75) is 19.4 Å². The van der Waals surface area contributed by atoms with Crippen LogP contribution >= 0.6 is 24.8 Å². The maximum Gasteiger partial charge on any atom is 0.278 e. The third kappa shape index (κ3) is 2.41. The first kappa shape index (κ1) is 15.8. The van der Waals surface area contributed by atoms with E-state index in [1.54, 1.807) is 10.8 Å². The summed E-state index contributed by atoms with van der Waals surface area (Å²) < 4.78 is 3.71. The van der Waals surface area contributed by atoms with Gasteiger partial charge in [0.1, 0.15) is 16.8 Å². The van der Waals surface area contributed by atoms with Crippen molar-refractivity contribution in [1.29, 1.82) is 0 Å². The summed E-state index contributed by atoms with van der Waals surface area (Å²) in [6.45, 7) is 1.39. The van der Waals surface area contributed by atoms with Crippen LogP contribution in [0.5, 0.6) is 0 Å². The summed E-state index contributed by atoms with van der Waals surface area (Å²) in [6.07, 6.45) is 3.51. The number of imidazole rings is 2. The van der Waals surface area contributed by atoms with E-state index < -0.39 is 0 Å². The molecule has 3 aromatic rings. The summed E-state index contributed by atoms with van der Waals surface area (Å²) >= 11 is 0. The fourth-order valence-electron chi connectivity index (χ4n) is 2.25. The predicted molar refractivity (Wildman–Crippen MR) is 80.9 cm³/mol. The van der Waals surface area contributed by atoms with Crippen molar-refractivity contribution < 1.29 is 0 Å². The van der Waals surface area contributed by atoms with Crippen molar-refractivity contribution in [3.8, 4) is 0 Å². The van der Waals surface area contributed by atoms with E-state index in [4.69, 9.17) is 5.73 Å². The van der Waals surface area contributed by atoms with Gasteiger partial charge in [0.2, 0.25) is 0 Å². The number of aryl methyl sites for hydroxylation is 1. The van der Waals surface area contributed by atoms with Crippen molar-refractivity contribution in [2.24, 2.45) is 5.73 Å². The van der Waals surface area contributed by atoms with E-state index in [0.717, 1.165) is 30.7 Å². The molecule has 7 heteroatoms. The quantitative estimate of drug-likeness (QED) is 0.746. The number of aromatic nitrogens is 3. The monoisotopic (exact) mass is 302 g/mol. The second-order valence-electron chi connectivity index (χ2n) is 4.17. The highest BCUT2D eigenvalue weighted by molar-refractivity contribution is 5.85. The number of nitrogens with two attached hydrogens (primary N) is 1. The van der Waals surface area contributed by atoms with Gasteiger partial charge in [-0.05, 0) is 31.5 Å². The van der Waals surface area contributed by atoms with Gasteiger partial charge in [0.25, 0.3) is 5.56 Å². The Morgan fingerprint density at radius 1 is 1.21 bits per heavy atom. The summed E-state index contributed by atoms with van der Waals surface area (Å²) in [5, 5.41) is 0. The Hall–Kier alpha value is -1.30. The van der Waals surface area contributed by atoms with E-state index >= 15 is 0 Å². The fraction of sp³-hybridized carbons (Fsp3) is 0.333. The van der Waals surface area contributed by atoms with Crippen molar-refractivity contribution in [1.82, 2.24) is 14.0 Å². The molecule has 0 saturated heterocycles. The van der Waals surface area contributed by atoms with E-state index in [9.17, 15) is 4.79 Å². The molecule has 0 aromatic carbocycles. The first-order valence-electron chi connectivity index (χ1n) is 5.81. The minimum Gasteiger partial charge on any atom is -0.330 e. The van der Waals surface area contributed by atoms with Crippen LogP contribution in [0.1, 0.15) is 12.8 Å². The molecule has 0 amide bonds. The zero-order valence-corrected chi connectivity index (χ0v) is 11.9. The normalized spacial score (nSPS) is 10.6. The first-order valence-corrected chi connectivity index (χ1v) is 5.81. The molecular formula is C12H16Cl2N4O. The molecule has 0 bridgehead atoms. The molecule has 0 saturated carbocycles. The van der Waals surface area contributed by atoms with E-state index in [2.05, 4.69) is 4.98 Å². The standard InChI is InChI=1S/C12H14N4O.2ClH/c13-6-1-2-7-15-11-5-3-4-10-14-8-9(12(15)17)16(10)11;;/h3-5,8H,1-2,6-7,13H2;2*1H. The van der Waals surface area contributed by atoms with Crippen LogP contribution < -0.4 is 11.3 Å². The van der Waals surface area contributed by atoms with Gasteiger partial charge in [-0.15, -0.1) is 24.8 Å². The lowest BCUT2D eigenvalue weighted by Crippen LogP contribution is -2.15. The lowest BCUT2D eigenvalue weighted by molar-refractivity contribution is 0.618. The smallest absolute Gasteiger partial charge is 0.278 e. The zero-order valence-electron chi connectivity index (χ0n) is 10.3. The Morgan fingerprint density at radius 2 is 2.00 bits per heavy atom. The van der Waals surface area contributed by atoms with Crippen LogP contribution in [0.3, 0.4) is 0 Å². The molecule has 19 heavy (non-hydrogen) atoms. The highest BCUT2D eigenvalue weighted by Crippen LogP contribution is 2.13. The molecular weight excluding hydrogens is 287 g/mol. The summed E-state index contributed by atoms with van der Waals surface area (Å²) in [6, 6.07) is 5.78. The van der Waals surface area contributed by atoms with Crippen LogP contribution in [0.25, 0.3) is 16.8 Å². The minimum atomic E-state index is 0. The van der Waals surface area contributed by atoms with Gasteiger partial charge in [-0.3, -0.25) is 13.8 Å². The molecule has 3 rings (SSSR count). The van der Waals surface area contributed by atoms with Crippen molar-refractivity contribution in [2.75, 3.05) is 6.54 Å². The first-order chi connectivity index (χ1) is 8.33. The summed E-state index contributed by atoms with van der Waals surface area (Å²) in [4.78, 5) is 16.4. The minimum absolute atomic E-state index is 0. The molecule has 3 heterocycles. The number of hydrogen-bond acceptors (Lipinski definition) is 3. The average molecular weight is 303 g/mol. The lowest BCUT2D eigenvalue weighted by Gasteiger charge is -2.03. The zero-order chi connectivity index (χ0) is 11.8. The largest absolute Gasteiger partial charge is 0.330 e. The number of hydrogen-bond donors (Lipinski definition) is 1. The Kier molecular flexibility index (Phi) is 5.17. The Morgan fingerprint density at radius 3 is 2.74 bits per heavy atom. The highest BCUT2D eigenvalue weighted by Gasteiger charge is 2.13. The third-order valence-electron chi connectivity index (χ3n) is 3.09. The predicted octanol–water partition coefficient (Wildman–Crippen LogP) is 1.67. The number of halogens is 2. The SMILES string of the molecule is Cl.Cl.NCCCCn1c(=O)c2cnc3cccc1n32. The van der Waals surface area contributed by atoms with Crippen molar-refractivity contribution in [3.05, 3.63) is 34.7 Å². The van der Waals surface area contributed by atoms with Crippen LogP contribution in [0.15, 0.2) is 29.2 Å². The van der Waals surface area contributed by atoms with Gasteiger partial charge in [-0.25, -0.2) is 4.98 Å². The Labute approximate surface area is 122 Å². The van der Waals surface area contributed by atoms with Gasteiger partial charge in [0.05, 0.1) is 6.20 Å². The maximum atomic E-state index is 12.2. The van der Waals surface area contributed by atoms with E-state index in [1.165, 1.54) is 0 Å². The molecule has 0 spiro atoms. The summed E-state index contributed by atoms with van der Waals surface area (Å²) in [5.74, 6) is 0. The maximum absolute atomic E-state index is 12.2. The molecule has 3 aromatic heterocycles. The highest BCUT2D eigenvalue weighted by atomic mass is 35.5. The van der Waals surface area contributed by atoms with Gasteiger partial charge in [0, 0.05) is 6.54 Å². The van der Waals surface area contributed by atoms with Crippen molar-refractivity contribution in [3.63, 3.8) is 0 Å². The number of nitrogens with zero attached hydrogens (tertiary/aromatic N) is 3. The second kappa shape index (κ2) is 6.23. The number of unbranched alkanes of at least 4 members (excludes halogenated alkanes) is 1. The van der Waals surface area contributed by atoms with Gasteiger partial charge in [-0.2, -0.15) is 0 Å². The molecule has 0 aliphatic carbocycles. The topological polar surface area (TPSA) is 65.3 Å². The third-order valence-corrected chi connectivity index (χ3v) is 3.09. The van der Waals surface area contributed by atoms with Gasteiger partial charge in [-0.1, -0.05) is 6.07 Å². The molecule has 0 aliphatic heterocycles. The summed E-state index contributed by atoms with van der Waals surface area (Å²) in [5.41, 5.74) is 7.90. The van der Waals surface area contributed by atoms with Crippen molar-refractivity contribution >= 4 is 41.6 Å². The van der Waals surface area contributed by atoms with Crippen LogP contribution in [0.2, 0.25) is 0 Å². The number of rotatable bonds is 4. The van der Waals surface area contributed by atoms with Crippen LogP contribution in [0, 0.1) is 0 Å². The van der Waals surface area contributed by atoms with Crippen LogP contribution in [0.4, 0.5) is 0 Å². The molecule has 0 fully saturated rings. The molecule has 0 atom stereocenters. The Balaban J connectivity index is 0.000000902. The molecule has 0 unspecified atom stereocenters. The van der Waals surface area contributed by atoms with E-state index in [-0.39, 0.29) is 30.4 Å². The number of pyridine rings is 1. The van der Waals surface area contributed by atoms with Gasteiger partial charge < -0.3 is 5.73 Å². The Bertz CT molecular complexity index is 706. The fourth-order valence-corrected chi connectivity index (χ4v) is 2.25. The van der Waals surface area contributed by atoms with Crippen LogP contribution in [-0.4, -0.2) is 20.5 Å².